The van der Waals surface area contributed by atoms with Gasteiger partial charge in [-0.2, -0.15) is 0 Å². The van der Waals surface area contributed by atoms with E-state index in [9.17, 15) is 15.2 Å². The third-order valence-corrected chi connectivity index (χ3v) is 6.22. The highest BCUT2D eigenvalue weighted by atomic mass is 16.6. The van der Waals surface area contributed by atoms with Crippen LogP contribution in [0.15, 0.2) is 66.9 Å². The molecule has 1 aliphatic heterocycles. The second-order valence-electron chi connectivity index (χ2n) is 8.34. The maximum atomic E-state index is 11.7. The van der Waals surface area contributed by atoms with E-state index in [1.54, 1.807) is 23.0 Å². The van der Waals surface area contributed by atoms with Gasteiger partial charge >= 0.3 is 0 Å². The second kappa shape index (κ2) is 10.0. The largest absolute Gasteiger partial charge is 0.395 e. The van der Waals surface area contributed by atoms with Crippen molar-refractivity contribution in [2.24, 2.45) is 0 Å². The van der Waals surface area contributed by atoms with E-state index < -0.39 is 6.17 Å². The number of nitro groups is 1. The van der Waals surface area contributed by atoms with Crippen LogP contribution in [0.25, 0.3) is 11.0 Å². The molecular formula is C24H26N8O3. The number of piperazine rings is 1. The molecule has 1 aliphatic rings. The van der Waals surface area contributed by atoms with Crippen LogP contribution in [0.1, 0.15) is 11.7 Å². The quantitative estimate of drug-likeness (QED) is 0.293. The maximum Gasteiger partial charge on any atom is 0.270 e. The molecule has 1 atom stereocenters. The lowest BCUT2D eigenvalue weighted by Gasteiger charge is -2.37. The van der Waals surface area contributed by atoms with Gasteiger partial charge in [-0.1, -0.05) is 23.4 Å². The van der Waals surface area contributed by atoms with E-state index in [0.29, 0.717) is 17.9 Å². The van der Waals surface area contributed by atoms with Crippen LogP contribution in [-0.4, -0.2) is 74.2 Å². The van der Waals surface area contributed by atoms with Crippen molar-refractivity contribution in [3.05, 3.63) is 82.5 Å². The van der Waals surface area contributed by atoms with E-state index in [1.807, 2.05) is 42.5 Å². The van der Waals surface area contributed by atoms with Crippen molar-refractivity contribution in [2.45, 2.75) is 6.17 Å². The lowest BCUT2D eigenvalue weighted by atomic mass is 10.1. The summed E-state index contributed by atoms with van der Waals surface area (Å²) in [6.45, 7) is 3.82. The van der Waals surface area contributed by atoms with Crippen molar-refractivity contribution in [1.82, 2.24) is 24.9 Å². The van der Waals surface area contributed by atoms with Crippen LogP contribution in [-0.2, 0) is 0 Å². The number of rotatable bonds is 8. The van der Waals surface area contributed by atoms with Crippen LogP contribution in [0.4, 0.5) is 17.2 Å². The number of benzene rings is 2. The first-order chi connectivity index (χ1) is 17.1. The van der Waals surface area contributed by atoms with E-state index in [-0.39, 0.29) is 17.2 Å². The Balaban J connectivity index is 1.61. The number of para-hydroxylation sites is 1. The third kappa shape index (κ3) is 4.77. The van der Waals surface area contributed by atoms with Crippen LogP contribution in [0, 0.1) is 10.1 Å². The molecule has 35 heavy (non-hydrogen) atoms. The average molecular weight is 475 g/mol. The minimum Gasteiger partial charge on any atom is -0.395 e. The Morgan fingerprint density at radius 2 is 1.86 bits per heavy atom. The standard InChI is InChI=1S/C24H26N8O3/c33-16-15-29-11-13-30(14-12-29)21-9-8-18(32(34)35)17-19(21)24(26-23-7-3-4-10-25-23)31-22-6-2-1-5-20(22)27-28-31/h1-10,17,24,33H,11-16H2,(H,25,26)/t24-/m1/s1. The van der Waals surface area contributed by atoms with Crippen molar-refractivity contribution in [3.63, 3.8) is 0 Å². The summed E-state index contributed by atoms with van der Waals surface area (Å²) in [7, 11) is 0. The number of hydrogen-bond acceptors (Lipinski definition) is 9. The fraction of sp³-hybridized carbons (Fsp3) is 0.292. The molecule has 1 saturated heterocycles. The molecule has 0 radical (unpaired) electrons. The Morgan fingerprint density at radius 3 is 2.60 bits per heavy atom. The molecule has 2 aromatic heterocycles. The van der Waals surface area contributed by atoms with Gasteiger partial charge in [-0.15, -0.1) is 5.10 Å². The van der Waals surface area contributed by atoms with E-state index in [2.05, 4.69) is 30.4 Å². The molecule has 1 fully saturated rings. The van der Waals surface area contributed by atoms with Gasteiger partial charge in [-0.05, 0) is 30.3 Å². The van der Waals surface area contributed by atoms with E-state index in [4.69, 9.17) is 0 Å². The summed E-state index contributed by atoms with van der Waals surface area (Å²) in [6.07, 6.45) is 1.09. The fourth-order valence-corrected chi connectivity index (χ4v) is 4.45. The van der Waals surface area contributed by atoms with Gasteiger partial charge < -0.3 is 15.3 Å². The molecule has 180 valence electrons. The second-order valence-corrected chi connectivity index (χ2v) is 8.34. The van der Waals surface area contributed by atoms with Gasteiger partial charge in [0, 0.05) is 62.3 Å². The number of nitrogens with one attached hydrogen (secondary N) is 1. The minimum atomic E-state index is -0.595. The lowest BCUT2D eigenvalue weighted by Crippen LogP contribution is -2.47. The number of fused-ring (bicyclic) bond motifs is 1. The van der Waals surface area contributed by atoms with E-state index in [0.717, 1.165) is 42.9 Å². The molecule has 0 saturated carbocycles. The summed E-state index contributed by atoms with van der Waals surface area (Å²) < 4.78 is 1.74. The van der Waals surface area contributed by atoms with Crippen molar-refractivity contribution in [1.29, 1.82) is 0 Å². The summed E-state index contributed by atoms with van der Waals surface area (Å²) in [5.74, 6) is 0.613. The maximum absolute atomic E-state index is 11.7. The fourth-order valence-electron chi connectivity index (χ4n) is 4.45. The molecule has 2 N–H and O–H groups in total. The van der Waals surface area contributed by atoms with Gasteiger partial charge in [-0.25, -0.2) is 9.67 Å². The monoisotopic (exact) mass is 474 g/mol. The molecule has 0 bridgehead atoms. The van der Waals surface area contributed by atoms with Gasteiger partial charge in [0.2, 0.25) is 0 Å². The first-order valence-corrected chi connectivity index (χ1v) is 11.5. The zero-order valence-electron chi connectivity index (χ0n) is 19.1. The molecule has 2 aromatic carbocycles. The highest BCUT2D eigenvalue weighted by Gasteiger charge is 2.27. The predicted octanol–water partition coefficient (Wildman–Crippen LogP) is 2.51. The average Bonchev–Trinajstić information content (AvgIpc) is 3.32. The van der Waals surface area contributed by atoms with Crippen LogP contribution >= 0.6 is 0 Å². The van der Waals surface area contributed by atoms with Crippen LogP contribution < -0.4 is 10.2 Å². The SMILES string of the molecule is O=[N+]([O-])c1ccc(N2CCN(CCO)CC2)c([C@H](Nc2ccccn2)n2nnc3ccccc32)c1. The van der Waals surface area contributed by atoms with Crippen molar-refractivity contribution < 1.29 is 10.0 Å². The number of aromatic nitrogens is 4. The molecule has 5 rings (SSSR count). The Kier molecular flexibility index (Phi) is 6.51. The number of aliphatic hydroxyl groups excluding tert-OH is 1. The molecule has 0 spiro atoms. The molecule has 11 nitrogen and oxygen atoms in total. The number of β-amino-alcohol motifs (C(OH)–C–C–N with tert-alkyl or cyclic N) is 1. The number of nitrogens with zero attached hydrogens (tertiary/aromatic N) is 7. The first kappa shape index (κ1) is 22.7. The van der Waals surface area contributed by atoms with Crippen molar-refractivity contribution in [3.8, 4) is 0 Å². The Hall–Kier alpha value is -4.09. The summed E-state index contributed by atoms with van der Waals surface area (Å²) in [5.41, 5.74) is 3.11. The summed E-state index contributed by atoms with van der Waals surface area (Å²) in [5, 5.41) is 33.2. The van der Waals surface area contributed by atoms with Crippen LogP contribution in [0.3, 0.4) is 0 Å². The smallest absolute Gasteiger partial charge is 0.270 e. The van der Waals surface area contributed by atoms with Gasteiger partial charge in [0.25, 0.3) is 5.69 Å². The number of hydrogen-bond donors (Lipinski definition) is 2. The number of aliphatic hydroxyl groups is 1. The summed E-state index contributed by atoms with van der Waals surface area (Å²) in [6, 6.07) is 18.1. The van der Waals surface area contributed by atoms with Crippen molar-refractivity contribution in [2.75, 3.05) is 49.5 Å². The van der Waals surface area contributed by atoms with Crippen LogP contribution in [0.2, 0.25) is 0 Å². The molecule has 4 aromatic rings. The molecule has 3 heterocycles. The number of pyridine rings is 1. The van der Waals surface area contributed by atoms with E-state index >= 15 is 0 Å². The van der Waals surface area contributed by atoms with Crippen LogP contribution in [0.5, 0.6) is 0 Å². The van der Waals surface area contributed by atoms with Gasteiger partial charge in [-0.3, -0.25) is 15.0 Å². The predicted molar refractivity (Wildman–Crippen MR) is 132 cm³/mol. The Morgan fingerprint density at radius 1 is 1.06 bits per heavy atom. The highest BCUT2D eigenvalue weighted by Crippen LogP contribution is 2.34. The van der Waals surface area contributed by atoms with E-state index in [1.165, 1.54) is 6.07 Å². The zero-order chi connectivity index (χ0) is 24.2. The Labute approximate surface area is 201 Å². The first-order valence-electron chi connectivity index (χ1n) is 11.5. The summed E-state index contributed by atoms with van der Waals surface area (Å²) in [4.78, 5) is 20.2. The molecule has 11 heteroatoms. The van der Waals surface area contributed by atoms with Crippen molar-refractivity contribution >= 4 is 28.2 Å². The summed E-state index contributed by atoms with van der Waals surface area (Å²) >= 11 is 0. The Bertz CT molecular complexity index is 1300. The minimum absolute atomic E-state index is 0.0000850. The molecule has 0 unspecified atom stereocenters. The third-order valence-electron chi connectivity index (χ3n) is 6.22. The molecule has 0 aliphatic carbocycles. The number of non-ortho nitro benzene ring substituents is 1. The normalized spacial score (nSPS) is 15.3. The molecule has 0 amide bonds. The lowest BCUT2D eigenvalue weighted by molar-refractivity contribution is -0.384. The number of anilines is 2. The highest BCUT2D eigenvalue weighted by molar-refractivity contribution is 5.75. The zero-order valence-corrected chi connectivity index (χ0v) is 19.1. The van der Waals surface area contributed by atoms with Gasteiger partial charge in [0.15, 0.2) is 6.17 Å². The molecular weight excluding hydrogens is 448 g/mol. The van der Waals surface area contributed by atoms with Gasteiger partial charge in [0.1, 0.15) is 11.3 Å². The van der Waals surface area contributed by atoms with Gasteiger partial charge in [0.05, 0.1) is 17.0 Å². The number of nitro benzene ring substituents is 1. The topological polar surface area (TPSA) is 125 Å².